The van der Waals surface area contributed by atoms with Gasteiger partial charge in [0.15, 0.2) is 6.29 Å². The molecule has 1 rings (SSSR count). The van der Waals surface area contributed by atoms with Crippen LogP contribution in [0, 0.1) is 0 Å². The number of hydrogen-bond donors (Lipinski definition) is 5. The van der Waals surface area contributed by atoms with Gasteiger partial charge in [0.1, 0.15) is 24.4 Å². The Labute approximate surface area is 68.6 Å². The molecule has 1 saturated heterocycles. The predicted octanol–water partition coefficient (Wildman–Crippen LogP) is -3.22. The molecule has 0 aromatic heterocycles. The Morgan fingerprint density at radius 3 is 2.00 bits per heavy atom. The van der Waals surface area contributed by atoms with E-state index in [1.807, 2.05) is 0 Å². The third-order valence-electron chi connectivity index (χ3n) is 1.87. The summed E-state index contributed by atoms with van der Waals surface area (Å²) < 4.78 is 4.58. The smallest absolute Gasteiger partial charge is 0.184 e. The van der Waals surface area contributed by atoms with E-state index in [2.05, 4.69) is 4.74 Å². The van der Waals surface area contributed by atoms with Crippen molar-refractivity contribution in [1.82, 2.24) is 0 Å². The molecule has 0 bridgehead atoms. The minimum Gasteiger partial charge on any atom is -0.394 e. The lowest BCUT2D eigenvalue weighted by Crippen LogP contribution is -2.58. The van der Waals surface area contributed by atoms with Crippen LogP contribution in [0.4, 0.5) is 0 Å². The third kappa shape index (κ3) is 1.58. The summed E-state index contributed by atoms with van der Waals surface area (Å²) in [6, 6.07) is 0. The molecule has 12 heavy (non-hydrogen) atoms. The summed E-state index contributed by atoms with van der Waals surface area (Å²) in [7, 11) is 0. The van der Waals surface area contributed by atoms with Crippen molar-refractivity contribution in [1.29, 1.82) is 0 Å². The Morgan fingerprint density at radius 1 is 0.917 bits per heavy atom. The zero-order valence-corrected chi connectivity index (χ0v) is 6.24. The normalized spacial score (nSPS) is 49.2. The molecule has 0 aromatic rings. The van der Waals surface area contributed by atoms with Crippen LogP contribution in [0.25, 0.3) is 0 Å². The Morgan fingerprint density at radius 2 is 1.50 bits per heavy atom. The van der Waals surface area contributed by atoms with Gasteiger partial charge in [-0.15, -0.1) is 0 Å². The van der Waals surface area contributed by atoms with Gasteiger partial charge in [-0.3, -0.25) is 0 Å². The summed E-state index contributed by atoms with van der Waals surface area (Å²) in [5, 5.41) is 44.7. The Balaban J connectivity index is 2.63. The van der Waals surface area contributed by atoms with Crippen molar-refractivity contribution in [2.45, 2.75) is 30.7 Å². The maximum absolute atomic E-state index is 9.12. The van der Waals surface area contributed by atoms with Crippen LogP contribution in [-0.2, 0) is 4.74 Å². The van der Waals surface area contributed by atoms with Crippen molar-refractivity contribution in [2.75, 3.05) is 6.61 Å². The van der Waals surface area contributed by atoms with E-state index in [1.165, 1.54) is 0 Å². The standard InChI is InChI=1S/C6H12O6/c7-1-2-3(8)4(9)5(10)6(11)12-2/h2-11H,1H2/t2?,3-,4?,5?,6?/m1/s1/i6+1. The second-order valence-electron chi connectivity index (χ2n) is 2.72. The molecule has 5 atom stereocenters. The van der Waals surface area contributed by atoms with Crippen molar-refractivity contribution < 1.29 is 30.3 Å². The highest BCUT2D eigenvalue weighted by atomic mass is 16.7. The molecule has 0 radical (unpaired) electrons. The van der Waals surface area contributed by atoms with Crippen molar-refractivity contribution in [3.8, 4) is 0 Å². The monoisotopic (exact) mass is 181 g/mol. The van der Waals surface area contributed by atoms with E-state index in [-0.39, 0.29) is 0 Å². The summed E-state index contributed by atoms with van der Waals surface area (Å²) in [5.41, 5.74) is 0. The van der Waals surface area contributed by atoms with Gasteiger partial charge in [-0.05, 0) is 0 Å². The van der Waals surface area contributed by atoms with Crippen LogP contribution in [-0.4, -0.2) is 62.8 Å². The highest BCUT2D eigenvalue weighted by Gasteiger charge is 2.42. The molecule has 4 unspecified atom stereocenters. The van der Waals surface area contributed by atoms with Gasteiger partial charge in [0.2, 0.25) is 0 Å². The van der Waals surface area contributed by atoms with Crippen LogP contribution in [0.5, 0.6) is 0 Å². The fourth-order valence-electron chi connectivity index (χ4n) is 1.08. The maximum atomic E-state index is 9.12. The number of rotatable bonds is 1. The van der Waals surface area contributed by atoms with Gasteiger partial charge in [0.25, 0.3) is 0 Å². The molecular formula is C6H12O6. The first-order valence-electron chi connectivity index (χ1n) is 3.56. The first kappa shape index (κ1) is 9.85. The average molecular weight is 181 g/mol. The summed E-state index contributed by atoms with van der Waals surface area (Å²) in [6.45, 7) is -0.526. The molecule has 1 aliphatic rings. The number of aliphatic hydroxyl groups excluding tert-OH is 5. The Hall–Kier alpha value is -0.240. The van der Waals surface area contributed by atoms with Crippen LogP contribution in [0.1, 0.15) is 0 Å². The third-order valence-corrected chi connectivity index (χ3v) is 1.87. The van der Waals surface area contributed by atoms with Crippen molar-refractivity contribution >= 4 is 0 Å². The van der Waals surface area contributed by atoms with Gasteiger partial charge in [0.05, 0.1) is 6.61 Å². The molecule has 0 aliphatic carbocycles. The molecule has 1 aliphatic heterocycles. The molecule has 0 saturated carbocycles. The summed E-state index contributed by atoms with van der Waals surface area (Å²) in [5.74, 6) is 0. The number of ether oxygens (including phenoxy) is 1. The van der Waals surface area contributed by atoms with Crippen LogP contribution in [0.2, 0.25) is 0 Å². The summed E-state index contributed by atoms with van der Waals surface area (Å²) >= 11 is 0. The van der Waals surface area contributed by atoms with Crippen molar-refractivity contribution in [2.24, 2.45) is 0 Å². The van der Waals surface area contributed by atoms with Gasteiger partial charge >= 0.3 is 0 Å². The zero-order valence-electron chi connectivity index (χ0n) is 6.24. The topological polar surface area (TPSA) is 110 Å². The highest BCUT2D eigenvalue weighted by Crippen LogP contribution is 2.18. The second-order valence-corrected chi connectivity index (χ2v) is 2.72. The fourth-order valence-corrected chi connectivity index (χ4v) is 1.08. The van der Waals surface area contributed by atoms with E-state index in [0.717, 1.165) is 0 Å². The van der Waals surface area contributed by atoms with Gasteiger partial charge in [0, 0.05) is 0 Å². The van der Waals surface area contributed by atoms with Crippen molar-refractivity contribution in [3.63, 3.8) is 0 Å². The second kappa shape index (κ2) is 3.65. The van der Waals surface area contributed by atoms with Crippen LogP contribution in [0.15, 0.2) is 0 Å². The quantitative estimate of drug-likeness (QED) is 0.272. The van der Waals surface area contributed by atoms with Gasteiger partial charge in [-0.1, -0.05) is 0 Å². The van der Waals surface area contributed by atoms with E-state index < -0.39 is 37.3 Å². The zero-order chi connectivity index (χ0) is 9.30. The SMILES string of the molecule is OCC1O[13CH](O)C(O)C(O)[C@@H]1O. The summed E-state index contributed by atoms with van der Waals surface area (Å²) in [6.07, 6.45) is -7.04. The lowest BCUT2D eigenvalue weighted by molar-refractivity contribution is -0.286. The van der Waals surface area contributed by atoms with E-state index in [0.29, 0.717) is 0 Å². The molecule has 1 heterocycles. The molecule has 72 valence electrons. The number of hydrogen-bond acceptors (Lipinski definition) is 6. The minimum absolute atomic E-state index is 0.526. The number of aliphatic hydroxyl groups is 5. The van der Waals surface area contributed by atoms with Crippen LogP contribution < -0.4 is 0 Å². The Kier molecular flexibility index (Phi) is 2.99. The molecule has 0 spiro atoms. The lowest BCUT2D eigenvalue weighted by atomic mass is 10.0. The summed E-state index contributed by atoms with van der Waals surface area (Å²) in [4.78, 5) is 0. The van der Waals surface area contributed by atoms with Crippen LogP contribution >= 0.6 is 0 Å². The molecule has 6 heteroatoms. The van der Waals surface area contributed by atoms with Crippen LogP contribution in [0.3, 0.4) is 0 Å². The van der Waals surface area contributed by atoms with E-state index in [4.69, 9.17) is 25.5 Å². The Bertz CT molecular complexity index is 146. The van der Waals surface area contributed by atoms with Crippen molar-refractivity contribution in [3.05, 3.63) is 0 Å². The minimum atomic E-state index is -1.57. The molecular weight excluding hydrogens is 169 g/mol. The largest absolute Gasteiger partial charge is 0.394 e. The molecule has 5 N–H and O–H groups in total. The average Bonchev–Trinajstić information content (AvgIpc) is 2.08. The van der Waals surface area contributed by atoms with E-state index in [9.17, 15) is 0 Å². The molecule has 1 fully saturated rings. The van der Waals surface area contributed by atoms with E-state index in [1.54, 1.807) is 0 Å². The maximum Gasteiger partial charge on any atom is 0.184 e. The first-order valence-corrected chi connectivity index (χ1v) is 3.56. The van der Waals surface area contributed by atoms with Gasteiger partial charge < -0.3 is 30.3 Å². The molecule has 0 aromatic carbocycles. The predicted molar refractivity (Wildman–Crippen MR) is 36.0 cm³/mol. The van der Waals surface area contributed by atoms with Gasteiger partial charge in [-0.25, -0.2) is 0 Å². The van der Waals surface area contributed by atoms with E-state index >= 15 is 0 Å². The molecule has 6 nitrogen and oxygen atoms in total. The molecule has 0 amide bonds. The lowest BCUT2D eigenvalue weighted by Gasteiger charge is -2.37. The first-order chi connectivity index (χ1) is 5.57. The highest BCUT2D eigenvalue weighted by molar-refractivity contribution is 4.87. The fraction of sp³-hybridized carbons (Fsp3) is 1.00. The van der Waals surface area contributed by atoms with Gasteiger partial charge in [-0.2, -0.15) is 0 Å².